The van der Waals surface area contributed by atoms with Crippen LogP contribution in [0.2, 0.25) is 0 Å². The number of hydrogen-bond donors (Lipinski definition) is 3. The minimum absolute atomic E-state index is 0.106. The normalized spacial score (nSPS) is 16.4. The van der Waals surface area contributed by atoms with Crippen molar-refractivity contribution in [2.75, 3.05) is 10.6 Å². The van der Waals surface area contributed by atoms with Gasteiger partial charge in [0.05, 0.1) is 17.4 Å². The highest BCUT2D eigenvalue weighted by Crippen LogP contribution is 2.29. The minimum atomic E-state index is -0.222. The molecule has 0 atom stereocenters. The Labute approximate surface area is 234 Å². The molecule has 202 valence electrons. The molecule has 8 nitrogen and oxygen atoms in total. The number of benzene rings is 1. The lowest BCUT2D eigenvalue weighted by atomic mass is 9.93. The maximum absolute atomic E-state index is 12.2. The van der Waals surface area contributed by atoms with Gasteiger partial charge in [-0.2, -0.15) is 4.98 Å². The number of nitrogens with one attached hydrogen (secondary N) is 2. The zero-order valence-corrected chi connectivity index (χ0v) is 22.5. The number of ketones is 1. The van der Waals surface area contributed by atoms with Crippen LogP contribution in [0.25, 0.3) is 11.3 Å². The molecular formula is C32H32N6O2. The van der Waals surface area contributed by atoms with E-state index >= 15 is 0 Å². The molecule has 0 radical (unpaired) electrons. The van der Waals surface area contributed by atoms with Gasteiger partial charge in [0.2, 0.25) is 5.95 Å². The van der Waals surface area contributed by atoms with Crippen LogP contribution in [0, 0.1) is 11.8 Å². The van der Waals surface area contributed by atoms with Gasteiger partial charge in [0.1, 0.15) is 11.5 Å². The van der Waals surface area contributed by atoms with Crippen molar-refractivity contribution in [2.24, 2.45) is 0 Å². The van der Waals surface area contributed by atoms with E-state index in [0.717, 1.165) is 54.6 Å². The predicted molar refractivity (Wildman–Crippen MR) is 156 cm³/mol. The Morgan fingerprint density at radius 1 is 0.975 bits per heavy atom. The lowest BCUT2D eigenvalue weighted by Crippen LogP contribution is -2.29. The van der Waals surface area contributed by atoms with Gasteiger partial charge in [0.15, 0.2) is 5.78 Å². The molecule has 8 heteroatoms. The van der Waals surface area contributed by atoms with Crippen molar-refractivity contribution in [1.29, 1.82) is 0 Å². The smallest absolute Gasteiger partial charge is 0.229 e. The summed E-state index contributed by atoms with van der Waals surface area (Å²) < 4.78 is 0. The van der Waals surface area contributed by atoms with Gasteiger partial charge in [-0.25, -0.2) is 9.97 Å². The van der Waals surface area contributed by atoms with Gasteiger partial charge in [-0.05, 0) is 86.6 Å². The first-order valence-electron chi connectivity index (χ1n) is 13.7. The maximum Gasteiger partial charge on any atom is 0.229 e. The Hall–Kier alpha value is -4.61. The fourth-order valence-corrected chi connectivity index (χ4v) is 4.62. The summed E-state index contributed by atoms with van der Waals surface area (Å²) in [5.41, 5.74) is 4.49. The second kappa shape index (κ2) is 13.0. The Morgan fingerprint density at radius 3 is 2.55 bits per heavy atom. The molecule has 0 spiro atoms. The van der Waals surface area contributed by atoms with E-state index in [4.69, 9.17) is 4.98 Å². The fourth-order valence-electron chi connectivity index (χ4n) is 4.62. The number of rotatable bonds is 8. The Balaban J connectivity index is 1.31. The van der Waals surface area contributed by atoms with E-state index < -0.39 is 0 Å². The van der Waals surface area contributed by atoms with Crippen molar-refractivity contribution in [1.82, 2.24) is 19.9 Å². The molecule has 3 aromatic heterocycles. The summed E-state index contributed by atoms with van der Waals surface area (Å²) in [6, 6.07) is 17.1. The van der Waals surface area contributed by atoms with E-state index in [1.54, 1.807) is 30.7 Å². The molecule has 1 aliphatic carbocycles. The SMILES string of the molecule is CCCC(=O)c1ccnc(C#Cc2ccc(Nc3ncc(-c4ccccn4)c(NC4CCC(O)CC4)n3)cc2)c1. The third-order valence-corrected chi connectivity index (χ3v) is 6.80. The van der Waals surface area contributed by atoms with Gasteiger partial charge in [-0.1, -0.05) is 18.9 Å². The van der Waals surface area contributed by atoms with Gasteiger partial charge < -0.3 is 15.7 Å². The maximum atomic E-state index is 12.2. The zero-order valence-electron chi connectivity index (χ0n) is 22.5. The van der Waals surface area contributed by atoms with Crippen molar-refractivity contribution in [3.05, 3.63) is 90.0 Å². The highest BCUT2D eigenvalue weighted by molar-refractivity contribution is 5.96. The van der Waals surface area contributed by atoms with Gasteiger partial charge in [0, 0.05) is 47.9 Å². The highest BCUT2D eigenvalue weighted by Gasteiger charge is 2.21. The number of Topliss-reactive ketones (excluding diaryl/α,β-unsaturated/α-hetero) is 1. The summed E-state index contributed by atoms with van der Waals surface area (Å²) in [5, 5.41) is 16.7. The molecule has 4 aromatic rings. The van der Waals surface area contributed by atoms with Crippen LogP contribution >= 0.6 is 0 Å². The van der Waals surface area contributed by atoms with Crippen LogP contribution in [-0.2, 0) is 0 Å². The van der Waals surface area contributed by atoms with E-state index in [2.05, 4.69) is 37.4 Å². The van der Waals surface area contributed by atoms with E-state index in [-0.39, 0.29) is 17.9 Å². The summed E-state index contributed by atoms with van der Waals surface area (Å²) in [6.07, 6.45) is 9.59. The molecule has 0 unspecified atom stereocenters. The number of aromatic nitrogens is 4. The Kier molecular flexibility index (Phi) is 8.74. The molecule has 3 N–H and O–H groups in total. The third kappa shape index (κ3) is 7.07. The largest absolute Gasteiger partial charge is 0.393 e. The number of pyridine rings is 2. The molecule has 1 saturated carbocycles. The van der Waals surface area contributed by atoms with Gasteiger partial charge >= 0.3 is 0 Å². The average molecular weight is 533 g/mol. The highest BCUT2D eigenvalue weighted by atomic mass is 16.3. The number of aliphatic hydroxyl groups is 1. The third-order valence-electron chi connectivity index (χ3n) is 6.80. The Morgan fingerprint density at radius 2 is 1.80 bits per heavy atom. The number of nitrogens with zero attached hydrogens (tertiary/aromatic N) is 4. The van der Waals surface area contributed by atoms with Crippen molar-refractivity contribution in [3.63, 3.8) is 0 Å². The van der Waals surface area contributed by atoms with Crippen LogP contribution in [0.1, 0.15) is 67.1 Å². The summed E-state index contributed by atoms with van der Waals surface area (Å²) in [5.74, 6) is 7.45. The first-order chi connectivity index (χ1) is 19.6. The van der Waals surface area contributed by atoms with Crippen molar-refractivity contribution < 1.29 is 9.90 Å². The number of aliphatic hydroxyl groups excluding tert-OH is 1. The lowest BCUT2D eigenvalue weighted by Gasteiger charge is -2.27. The molecule has 1 fully saturated rings. The minimum Gasteiger partial charge on any atom is -0.393 e. The molecular weight excluding hydrogens is 500 g/mol. The summed E-state index contributed by atoms with van der Waals surface area (Å²) in [7, 11) is 0. The van der Waals surface area contributed by atoms with Gasteiger partial charge in [-0.3, -0.25) is 9.78 Å². The zero-order chi connectivity index (χ0) is 27.7. The standard InChI is InChI=1S/C32H32N6O2/c1-2-5-30(40)23-17-19-33-26(20-23)12-9-22-7-10-25(11-8-22)37-32-35-21-28(29-6-3-4-18-34-29)31(38-32)36-24-13-15-27(39)16-14-24/h3-4,6-8,10-11,17-21,24,27,39H,2,5,13-16H2,1H3,(H2,35,36,37,38). The first kappa shape index (κ1) is 27.0. The molecule has 0 saturated heterocycles. The van der Waals surface area contributed by atoms with Crippen LogP contribution < -0.4 is 10.6 Å². The van der Waals surface area contributed by atoms with E-state index in [9.17, 15) is 9.90 Å². The van der Waals surface area contributed by atoms with Crippen LogP contribution in [-0.4, -0.2) is 43.0 Å². The van der Waals surface area contributed by atoms with Crippen molar-refractivity contribution >= 4 is 23.2 Å². The molecule has 1 aliphatic rings. The summed E-state index contributed by atoms with van der Waals surface area (Å²) >= 11 is 0. The average Bonchev–Trinajstić information content (AvgIpc) is 2.99. The molecule has 0 amide bonds. The van der Waals surface area contributed by atoms with Crippen molar-refractivity contribution in [2.45, 2.75) is 57.6 Å². The van der Waals surface area contributed by atoms with Crippen LogP contribution in [0.15, 0.2) is 73.2 Å². The second-order valence-corrected chi connectivity index (χ2v) is 9.88. The fraction of sp³-hybridized carbons (Fsp3) is 0.281. The van der Waals surface area contributed by atoms with Crippen LogP contribution in [0.5, 0.6) is 0 Å². The monoisotopic (exact) mass is 532 g/mol. The molecule has 1 aromatic carbocycles. The Bertz CT molecular complexity index is 1500. The van der Waals surface area contributed by atoms with Gasteiger partial charge in [0.25, 0.3) is 0 Å². The van der Waals surface area contributed by atoms with E-state index in [0.29, 0.717) is 29.4 Å². The number of carbonyl (C=O) groups excluding carboxylic acids is 1. The second-order valence-electron chi connectivity index (χ2n) is 9.88. The van der Waals surface area contributed by atoms with Gasteiger partial charge in [-0.15, -0.1) is 0 Å². The number of carbonyl (C=O) groups is 1. The first-order valence-corrected chi connectivity index (χ1v) is 13.7. The predicted octanol–water partition coefficient (Wildman–Crippen LogP) is 5.78. The molecule has 40 heavy (non-hydrogen) atoms. The van der Waals surface area contributed by atoms with E-state index in [1.165, 1.54) is 0 Å². The quantitative estimate of drug-likeness (QED) is 0.193. The summed E-state index contributed by atoms with van der Waals surface area (Å²) in [4.78, 5) is 30.3. The molecule has 0 bridgehead atoms. The van der Waals surface area contributed by atoms with Crippen LogP contribution in [0.3, 0.4) is 0 Å². The lowest BCUT2D eigenvalue weighted by molar-refractivity contribution is 0.0981. The number of anilines is 3. The van der Waals surface area contributed by atoms with E-state index in [1.807, 2.05) is 49.4 Å². The van der Waals surface area contributed by atoms with Crippen LogP contribution in [0.4, 0.5) is 17.5 Å². The molecule has 0 aliphatic heterocycles. The number of hydrogen-bond acceptors (Lipinski definition) is 8. The topological polar surface area (TPSA) is 113 Å². The molecule has 5 rings (SSSR count). The molecule has 3 heterocycles. The summed E-state index contributed by atoms with van der Waals surface area (Å²) in [6.45, 7) is 1.99. The van der Waals surface area contributed by atoms with Crippen molar-refractivity contribution in [3.8, 4) is 23.1 Å².